The Labute approximate surface area is 133 Å². The van der Waals surface area contributed by atoms with Crippen molar-refractivity contribution in [3.63, 3.8) is 0 Å². The first-order valence-electron chi connectivity index (χ1n) is 6.50. The summed E-state index contributed by atoms with van der Waals surface area (Å²) in [5.74, 6) is -1.09. The number of amides is 1. The lowest BCUT2D eigenvalue weighted by molar-refractivity contribution is 0.0448. The first kappa shape index (κ1) is 12.8. The first-order chi connectivity index (χ1) is 10.1. The van der Waals surface area contributed by atoms with Gasteiger partial charge < -0.3 is 10.0 Å². The van der Waals surface area contributed by atoms with Crippen molar-refractivity contribution < 1.29 is 14.7 Å². The summed E-state index contributed by atoms with van der Waals surface area (Å²) in [6.07, 6.45) is 2.27. The van der Waals surface area contributed by atoms with E-state index in [2.05, 4.69) is 27.6 Å². The second-order valence-corrected chi connectivity index (χ2v) is 6.25. The summed E-state index contributed by atoms with van der Waals surface area (Å²) in [7, 11) is 0. The second-order valence-electron chi connectivity index (χ2n) is 5.09. The number of hydrogen-bond acceptors (Lipinski definition) is 3. The van der Waals surface area contributed by atoms with Gasteiger partial charge in [-0.05, 0) is 41.1 Å². The highest BCUT2D eigenvalue weighted by molar-refractivity contribution is 14.1. The van der Waals surface area contributed by atoms with Gasteiger partial charge in [0.15, 0.2) is 5.69 Å². The molecule has 0 bridgehead atoms. The molecule has 6 nitrogen and oxygen atoms in total. The van der Waals surface area contributed by atoms with Gasteiger partial charge in [-0.25, -0.2) is 9.78 Å². The van der Waals surface area contributed by atoms with Crippen molar-refractivity contribution in [2.45, 2.75) is 12.5 Å². The van der Waals surface area contributed by atoms with Crippen molar-refractivity contribution in [1.29, 1.82) is 0 Å². The molecule has 106 valence electrons. The van der Waals surface area contributed by atoms with Gasteiger partial charge in [-0.3, -0.25) is 9.36 Å². The summed E-state index contributed by atoms with van der Waals surface area (Å²) in [5.41, 5.74) is 1.96. The summed E-state index contributed by atoms with van der Waals surface area (Å²) in [4.78, 5) is 29.9. The average molecular weight is 395 g/mol. The Balaban J connectivity index is 2.07. The van der Waals surface area contributed by atoms with E-state index in [9.17, 15) is 14.7 Å². The van der Waals surface area contributed by atoms with Gasteiger partial charge in [0, 0.05) is 10.1 Å². The zero-order valence-electron chi connectivity index (χ0n) is 10.8. The Hall–Kier alpha value is -1.90. The SMILES string of the molecule is O=C(O)c1ncn2c1[C@@H]1CCN1C(=O)c1c(I)cccc1-2. The molecule has 1 amide bonds. The van der Waals surface area contributed by atoms with Crippen LogP contribution in [0.1, 0.15) is 39.0 Å². The molecular weight excluding hydrogens is 385 g/mol. The number of aromatic nitrogens is 2. The molecule has 2 aliphatic heterocycles. The lowest BCUT2D eigenvalue weighted by Gasteiger charge is -2.39. The largest absolute Gasteiger partial charge is 0.476 e. The molecule has 0 unspecified atom stereocenters. The highest BCUT2D eigenvalue weighted by atomic mass is 127. The standard InChI is InChI=1S/C14H10IN3O3/c15-7-2-1-3-8-10(7)13(19)17-5-4-9(17)12-11(14(20)21)16-6-18(8)12/h1-3,6,9H,4-5H2,(H,20,21)/t9-/m0/s1. The highest BCUT2D eigenvalue weighted by Crippen LogP contribution is 2.41. The van der Waals surface area contributed by atoms with Crippen LogP contribution < -0.4 is 0 Å². The maximum Gasteiger partial charge on any atom is 0.356 e. The number of benzene rings is 1. The van der Waals surface area contributed by atoms with Crippen molar-refractivity contribution in [3.8, 4) is 5.69 Å². The van der Waals surface area contributed by atoms with Crippen LogP contribution in [0.4, 0.5) is 0 Å². The monoisotopic (exact) mass is 395 g/mol. The molecule has 3 heterocycles. The molecule has 0 radical (unpaired) electrons. The van der Waals surface area contributed by atoms with Crippen LogP contribution in [-0.4, -0.2) is 38.0 Å². The molecule has 1 fully saturated rings. The number of nitrogens with zero attached hydrogens (tertiary/aromatic N) is 3. The molecule has 1 atom stereocenters. The average Bonchev–Trinajstić information content (AvgIpc) is 2.78. The first-order valence-corrected chi connectivity index (χ1v) is 7.58. The maximum absolute atomic E-state index is 12.7. The molecule has 7 heteroatoms. The summed E-state index contributed by atoms with van der Waals surface area (Å²) >= 11 is 2.14. The van der Waals surface area contributed by atoms with E-state index in [1.54, 1.807) is 9.47 Å². The minimum Gasteiger partial charge on any atom is -0.476 e. The molecule has 2 aliphatic rings. The number of carbonyl (C=O) groups is 2. The third kappa shape index (κ3) is 1.60. The lowest BCUT2D eigenvalue weighted by atomic mass is 9.97. The number of carbonyl (C=O) groups excluding carboxylic acids is 1. The molecule has 4 rings (SSSR count). The Morgan fingerprint density at radius 1 is 1.43 bits per heavy atom. The van der Waals surface area contributed by atoms with Crippen LogP contribution in [0.3, 0.4) is 0 Å². The van der Waals surface area contributed by atoms with Crippen LogP contribution >= 0.6 is 22.6 Å². The highest BCUT2D eigenvalue weighted by Gasteiger charge is 2.43. The van der Waals surface area contributed by atoms with Crippen LogP contribution in [-0.2, 0) is 0 Å². The van der Waals surface area contributed by atoms with Gasteiger partial charge in [0.25, 0.3) is 5.91 Å². The van der Waals surface area contributed by atoms with Gasteiger partial charge in [-0.1, -0.05) is 6.07 Å². The van der Waals surface area contributed by atoms with Crippen LogP contribution in [0, 0.1) is 3.57 Å². The van der Waals surface area contributed by atoms with E-state index in [-0.39, 0.29) is 17.6 Å². The number of imidazole rings is 1. The minimum atomic E-state index is -1.06. The van der Waals surface area contributed by atoms with Crippen molar-refractivity contribution in [3.05, 3.63) is 45.0 Å². The van der Waals surface area contributed by atoms with Gasteiger partial charge in [-0.2, -0.15) is 0 Å². The number of fused-ring (bicyclic) bond motifs is 5. The van der Waals surface area contributed by atoms with Crippen molar-refractivity contribution in [2.24, 2.45) is 0 Å². The van der Waals surface area contributed by atoms with Gasteiger partial charge in [-0.15, -0.1) is 0 Å². The van der Waals surface area contributed by atoms with E-state index < -0.39 is 5.97 Å². The van der Waals surface area contributed by atoms with Crippen LogP contribution in [0.2, 0.25) is 0 Å². The zero-order valence-corrected chi connectivity index (χ0v) is 12.9. The number of carboxylic acids is 1. The summed E-state index contributed by atoms with van der Waals surface area (Å²) in [6, 6.07) is 5.37. The number of rotatable bonds is 1. The quantitative estimate of drug-likeness (QED) is 0.751. The fraction of sp³-hybridized carbons (Fsp3) is 0.214. The van der Waals surface area contributed by atoms with Crippen LogP contribution in [0.5, 0.6) is 0 Å². The minimum absolute atomic E-state index is 0.0317. The maximum atomic E-state index is 12.7. The summed E-state index contributed by atoms with van der Waals surface area (Å²) in [5, 5.41) is 9.34. The second kappa shape index (κ2) is 4.30. The molecular formula is C14H10IN3O3. The molecule has 0 saturated carbocycles. The van der Waals surface area contributed by atoms with E-state index in [1.165, 1.54) is 6.33 Å². The number of aromatic carboxylic acids is 1. The fourth-order valence-corrected chi connectivity index (χ4v) is 3.73. The third-order valence-corrected chi connectivity index (χ3v) is 4.97. The van der Waals surface area contributed by atoms with Gasteiger partial charge >= 0.3 is 5.97 Å². The Morgan fingerprint density at radius 2 is 2.24 bits per heavy atom. The zero-order chi connectivity index (χ0) is 14.7. The topological polar surface area (TPSA) is 75.4 Å². The number of halogens is 1. The van der Waals surface area contributed by atoms with E-state index >= 15 is 0 Å². The summed E-state index contributed by atoms with van der Waals surface area (Å²) < 4.78 is 2.61. The number of carboxylic acid groups (broad SMARTS) is 1. The Bertz CT molecular complexity index is 799. The molecule has 1 aromatic carbocycles. The van der Waals surface area contributed by atoms with Crippen molar-refractivity contribution in [1.82, 2.24) is 14.5 Å². The summed E-state index contributed by atoms with van der Waals surface area (Å²) in [6.45, 7) is 0.651. The number of hydrogen-bond donors (Lipinski definition) is 1. The van der Waals surface area contributed by atoms with Crippen molar-refractivity contribution >= 4 is 34.5 Å². The van der Waals surface area contributed by atoms with E-state index in [1.807, 2.05) is 18.2 Å². The van der Waals surface area contributed by atoms with Crippen LogP contribution in [0.15, 0.2) is 24.5 Å². The normalized spacial score (nSPS) is 19.2. The van der Waals surface area contributed by atoms with E-state index in [0.717, 1.165) is 9.99 Å². The molecule has 0 spiro atoms. The smallest absolute Gasteiger partial charge is 0.356 e. The lowest BCUT2D eigenvalue weighted by Crippen LogP contribution is -2.45. The Morgan fingerprint density at radius 3 is 2.90 bits per heavy atom. The molecule has 2 aromatic rings. The molecule has 1 N–H and O–H groups in total. The van der Waals surface area contributed by atoms with Crippen molar-refractivity contribution in [2.75, 3.05) is 6.54 Å². The van der Waals surface area contributed by atoms with E-state index in [4.69, 9.17) is 0 Å². The third-order valence-electron chi connectivity index (χ3n) is 4.07. The van der Waals surface area contributed by atoms with Gasteiger partial charge in [0.1, 0.15) is 6.33 Å². The predicted octanol–water partition coefficient (Wildman–Crippen LogP) is 2.08. The fourth-order valence-electron chi connectivity index (χ4n) is 3.02. The van der Waals surface area contributed by atoms with E-state index in [0.29, 0.717) is 23.5 Å². The van der Waals surface area contributed by atoms with Gasteiger partial charge in [0.05, 0.1) is 23.0 Å². The molecule has 1 aromatic heterocycles. The molecule has 0 aliphatic carbocycles. The van der Waals surface area contributed by atoms with Crippen LogP contribution in [0.25, 0.3) is 5.69 Å². The molecule has 1 saturated heterocycles. The Kier molecular flexibility index (Phi) is 2.62. The molecule has 21 heavy (non-hydrogen) atoms. The van der Waals surface area contributed by atoms with Gasteiger partial charge in [0.2, 0.25) is 0 Å². The predicted molar refractivity (Wildman–Crippen MR) is 81.6 cm³/mol.